The van der Waals surface area contributed by atoms with E-state index in [0.717, 1.165) is 22.4 Å². The molecule has 0 radical (unpaired) electrons. The van der Waals surface area contributed by atoms with Crippen LogP contribution in [0.25, 0.3) is 0 Å². The van der Waals surface area contributed by atoms with Crippen LogP contribution in [0.1, 0.15) is 67.5 Å². The predicted molar refractivity (Wildman–Crippen MR) is 120 cm³/mol. The fourth-order valence-corrected chi connectivity index (χ4v) is 3.87. The number of carbonyl (C=O) groups excluding carboxylic acids is 3. The third-order valence-corrected chi connectivity index (χ3v) is 5.58. The second kappa shape index (κ2) is 8.19. The van der Waals surface area contributed by atoms with Gasteiger partial charge >= 0.3 is 0 Å². The second-order valence-corrected chi connectivity index (χ2v) is 8.09. The fourth-order valence-electron chi connectivity index (χ4n) is 3.87. The first-order valence-corrected chi connectivity index (χ1v) is 10.3. The normalized spacial score (nSPS) is 13.0. The number of hydrogen-bond acceptors (Lipinski definition) is 3. The summed E-state index contributed by atoms with van der Waals surface area (Å²) in [6, 6.07) is 20.0. The maximum Gasteiger partial charge on any atom is 0.261 e. The Morgan fingerprint density at radius 2 is 1.61 bits per heavy atom. The molecule has 1 N–H and O–H groups in total. The molecule has 0 atom stereocenters. The molecule has 3 aromatic rings. The van der Waals surface area contributed by atoms with Gasteiger partial charge in [-0.2, -0.15) is 0 Å². The van der Waals surface area contributed by atoms with Gasteiger partial charge in [-0.05, 0) is 47.7 Å². The quantitative estimate of drug-likeness (QED) is 0.588. The highest BCUT2D eigenvalue weighted by Crippen LogP contribution is 2.29. The first kappa shape index (κ1) is 20.5. The number of nitrogens with one attached hydrogen (secondary N) is 1. The predicted octanol–water partition coefficient (Wildman–Crippen LogP) is 5.17. The molecule has 0 aromatic heterocycles. The monoisotopic (exact) mass is 412 g/mol. The summed E-state index contributed by atoms with van der Waals surface area (Å²) < 4.78 is 0. The van der Waals surface area contributed by atoms with Crippen LogP contribution < -0.4 is 5.32 Å². The molecule has 0 aliphatic carbocycles. The molecule has 0 unspecified atom stereocenters. The molecule has 31 heavy (non-hydrogen) atoms. The van der Waals surface area contributed by atoms with Gasteiger partial charge in [0.15, 0.2) is 0 Å². The molecule has 1 aliphatic rings. The molecule has 0 spiro atoms. The third-order valence-electron chi connectivity index (χ3n) is 5.58. The van der Waals surface area contributed by atoms with Crippen molar-refractivity contribution in [3.63, 3.8) is 0 Å². The lowest BCUT2D eigenvalue weighted by molar-refractivity contribution is 0.0642. The molecule has 3 amide bonds. The second-order valence-electron chi connectivity index (χ2n) is 8.09. The summed E-state index contributed by atoms with van der Waals surface area (Å²) in [4.78, 5) is 39.9. The number of aryl methyl sites for hydroxylation is 1. The molecule has 3 aromatic carbocycles. The van der Waals surface area contributed by atoms with E-state index < -0.39 is 0 Å². The number of hydrogen-bond donors (Lipinski definition) is 1. The standard InChI is InChI=1S/C26H24N2O3/c1-16(2)20-11-7-8-17(3)23(20)27-24(29)19-12-13-21-22(14-19)26(31)28(25(21)30)15-18-9-5-4-6-10-18/h4-14,16H,15H2,1-3H3,(H,27,29). The summed E-state index contributed by atoms with van der Waals surface area (Å²) in [6.07, 6.45) is 0. The highest BCUT2D eigenvalue weighted by Gasteiger charge is 2.36. The molecule has 4 rings (SSSR count). The minimum atomic E-state index is -0.378. The van der Waals surface area contributed by atoms with Crippen molar-refractivity contribution in [2.24, 2.45) is 0 Å². The lowest BCUT2D eigenvalue weighted by Crippen LogP contribution is -2.29. The van der Waals surface area contributed by atoms with E-state index in [1.807, 2.05) is 55.5 Å². The maximum absolute atomic E-state index is 13.0. The number of rotatable bonds is 5. The van der Waals surface area contributed by atoms with Gasteiger partial charge in [-0.15, -0.1) is 0 Å². The fraction of sp³-hybridized carbons (Fsp3) is 0.192. The number of imide groups is 1. The van der Waals surface area contributed by atoms with Gasteiger partial charge in [0, 0.05) is 11.3 Å². The van der Waals surface area contributed by atoms with Crippen molar-refractivity contribution in [1.29, 1.82) is 0 Å². The van der Waals surface area contributed by atoms with E-state index in [4.69, 9.17) is 0 Å². The van der Waals surface area contributed by atoms with Crippen LogP contribution in [0.2, 0.25) is 0 Å². The van der Waals surface area contributed by atoms with Gasteiger partial charge < -0.3 is 5.32 Å². The van der Waals surface area contributed by atoms with E-state index in [1.165, 1.54) is 11.0 Å². The summed E-state index contributed by atoms with van der Waals surface area (Å²) in [5, 5.41) is 3.00. The first-order valence-electron chi connectivity index (χ1n) is 10.3. The smallest absolute Gasteiger partial charge is 0.261 e. The third kappa shape index (κ3) is 3.87. The number of amides is 3. The Balaban J connectivity index is 1.60. The van der Waals surface area contributed by atoms with Crippen LogP contribution in [0.4, 0.5) is 5.69 Å². The number of benzene rings is 3. The van der Waals surface area contributed by atoms with Crippen molar-refractivity contribution >= 4 is 23.4 Å². The van der Waals surface area contributed by atoms with Crippen molar-refractivity contribution in [2.75, 3.05) is 5.32 Å². The van der Waals surface area contributed by atoms with Crippen molar-refractivity contribution in [3.05, 3.63) is 100 Å². The van der Waals surface area contributed by atoms with Gasteiger partial charge in [-0.3, -0.25) is 19.3 Å². The van der Waals surface area contributed by atoms with Crippen molar-refractivity contribution in [3.8, 4) is 0 Å². The first-order chi connectivity index (χ1) is 14.9. The van der Waals surface area contributed by atoms with Gasteiger partial charge in [0.05, 0.1) is 17.7 Å². The Morgan fingerprint density at radius 1 is 0.903 bits per heavy atom. The van der Waals surface area contributed by atoms with Crippen LogP contribution in [0.3, 0.4) is 0 Å². The van der Waals surface area contributed by atoms with Crippen LogP contribution in [0, 0.1) is 6.92 Å². The molecular formula is C26H24N2O3. The molecule has 0 fully saturated rings. The molecular weight excluding hydrogens is 388 g/mol. The molecule has 156 valence electrons. The van der Waals surface area contributed by atoms with Crippen molar-refractivity contribution < 1.29 is 14.4 Å². The molecule has 0 bridgehead atoms. The number of carbonyl (C=O) groups is 3. The highest BCUT2D eigenvalue weighted by molar-refractivity contribution is 6.22. The Kier molecular flexibility index (Phi) is 5.42. The average molecular weight is 412 g/mol. The van der Waals surface area contributed by atoms with E-state index in [2.05, 4.69) is 19.2 Å². The average Bonchev–Trinajstić information content (AvgIpc) is 3.00. The number of fused-ring (bicyclic) bond motifs is 1. The minimum absolute atomic E-state index is 0.204. The number of para-hydroxylation sites is 1. The van der Waals surface area contributed by atoms with Crippen LogP contribution in [-0.2, 0) is 6.54 Å². The summed E-state index contributed by atoms with van der Waals surface area (Å²) in [7, 11) is 0. The Bertz CT molecular complexity index is 1180. The Morgan fingerprint density at radius 3 is 2.32 bits per heavy atom. The van der Waals surface area contributed by atoms with Crippen LogP contribution in [0.5, 0.6) is 0 Å². The topological polar surface area (TPSA) is 66.5 Å². The van der Waals surface area contributed by atoms with E-state index in [0.29, 0.717) is 11.1 Å². The molecule has 1 heterocycles. The summed E-state index contributed by atoms with van der Waals surface area (Å²) in [6.45, 7) is 6.31. The SMILES string of the molecule is Cc1cccc(C(C)C)c1NC(=O)c1ccc2c(c1)C(=O)N(Cc1ccccc1)C2=O. The number of nitrogens with zero attached hydrogens (tertiary/aromatic N) is 1. The van der Waals surface area contributed by atoms with E-state index in [-0.39, 0.29) is 35.7 Å². The highest BCUT2D eigenvalue weighted by atomic mass is 16.2. The van der Waals surface area contributed by atoms with E-state index >= 15 is 0 Å². The van der Waals surface area contributed by atoms with Crippen LogP contribution in [0.15, 0.2) is 66.7 Å². The largest absolute Gasteiger partial charge is 0.321 e. The molecule has 1 aliphatic heterocycles. The molecule has 5 heteroatoms. The molecule has 0 saturated carbocycles. The molecule has 0 saturated heterocycles. The van der Waals surface area contributed by atoms with Gasteiger partial charge in [0.25, 0.3) is 17.7 Å². The number of anilines is 1. The summed E-state index contributed by atoms with van der Waals surface area (Å²) in [5.74, 6) is -0.768. The lowest BCUT2D eigenvalue weighted by Gasteiger charge is -2.16. The lowest BCUT2D eigenvalue weighted by atomic mass is 9.97. The van der Waals surface area contributed by atoms with Gasteiger partial charge in [-0.25, -0.2) is 0 Å². The van der Waals surface area contributed by atoms with Crippen LogP contribution >= 0.6 is 0 Å². The van der Waals surface area contributed by atoms with E-state index in [1.54, 1.807) is 12.1 Å². The van der Waals surface area contributed by atoms with Gasteiger partial charge in [0.1, 0.15) is 0 Å². The zero-order chi connectivity index (χ0) is 22.1. The Labute approximate surface area is 181 Å². The van der Waals surface area contributed by atoms with Crippen LogP contribution in [-0.4, -0.2) is 22.6 Å². The summed E-state index contributed by atoms with van der Waals surface area (Å²) in [5.41, 5.74) is 4.63. The van der Waals surface area contributed by atoms with Crippen molar-refractivity contribution in [1.82, 2.24) is 4.90 Å². The zero-order valence-corrected chi connectivity index (χ0v) is 17.8. The summed E-state index contributed by atoms with van der Waals surface area (Å²) >= 11 is 0. The minimum Gasteiger partial charge on any atom is -0.321 e. The Hall–Kier alpha value is -3.73. The maximum atomic E-state index is 13.0. The van der Waals surface area contributed by atoms with Gasteiger partial charge in [0.2, 0.25) is 0 Å². The van der Waals surface area contributed by atoms with Crippen molar-refractivity contribution in [2.45, 2.75) is 33.2 Å². The zero-order valence-electron chi connectivity index (χ0n) is 17.8. The van der Waals surface area contributed by atoms with E-state index in [9.17, 15) is 14.4 Å². The molecule has 5 nitrogen and oxygen atoms in total. The van der Waals surface area contributed by atoms with Gasteiger partial charge in [-0.1, -0.05) is 62.4 Å².